The molecular weight excluding hydrogens is 553 g/mol. The number of nitrogens with zero attached hydrogens (tertiary/aromatic N) is 2. The first-order chi connectivity index (χ1) is 20.8. The van der Waals surface area contributed by atoms with Crippen LogP contribution >= 0.6 is 0 Å². The van der Waals surface area contributed by atoms with Gasteiger partial charge in [-0.05, 0) is 77.9 Å². The smallest absolute Gasteiger partial charge is 0.293 e. The van der Waals surface area contributed by atoms with Crippen molar-refractivity contribution in [2.45, 2.75) is 38.6 Å². The Morgan fingerprint density at radius 3 is 2.70 bits per heavy atom. The molecule has 0 radical (unpaired) electrons. The van der Waals surface area contributed by atoms with E-state index < -0.39 is 17.8 Å². The van der Waals surface area contributed by atoms with Crippen LogP contribution in [0.2, 0.25) is 0 Å². The molecule has 1 N–H and O–H groups in total. The summed E-state index contributed by atoms with van der Waals surface area (Å²) < 4.78 is 37.8. The summed E-state index contributed by atoms with van der Waals surface area (Å²) in [6, 6.07) is 16.6. The molecule has 10 heteroatoms. The molecule has 4 aromatic rings. The quantitative estimate of drug-likeness (QED) is 0.313. The third-order valence-corrected chi connectivity index (χ3v) is 7.72. The van der Waals surface area contributed by atoms with Gasteiger partial charge in [0.1, 0.15) is 17.3 Å². The van der Waals surface area contributed by atoms with Gasteiger partial charge in [-0.15, -0.1) is 0 Å². The van der Waals surface area contributed by atoms with Crippen LogP contribution in [-0.4, -0.2) is 48.7 Å². The minimum atomic E-state index is -0.637. The van der Waals surface area contributed by atoms with E-state index in [0.717, 1.165) is 16.7 Å². The van der Waals surface area contributed by atoms with Crippen molar-refractivity contribution >= 4 is 11.8 Å². The number of benzene rings is 3. The van der Waals surface area contributed by atoms with E-state index in [9.17, 15) is 14.0 Å². The lowest BCUT2D eigenvalue weighted by Gasteiger charge is -2.37. The van der Waals surface area contributed by atoms with Crippen LogP contribution in [-0.2, 0) is 6.42 Å². The summed E-state index contributed by atoms with van der Waals surface area (Å²) in [5, 5.41) is 6.84. The number of hydrogen-bond acceptors (Lipinski definition) is 7. The first-order valence-electron chi connectivity index (χ1n) is 14.3. The molecule has 8 bridgehead atoms. The summed E-state index contributed by atoms with van der Waals surface area (Å²) in [5.74, 6) is 0.794. The monoisotopic (exact) mass is 585 g/mol. The zero-order chi connectivity index (χ0) is 30.1. The van der Waals surface area contributed by atoms with Crippen molar-refractivity contribution in [2.24, 2.45) is 0 Å². The highest BCUT2D eigenvalue weighted by atomic mass is 19.1. The number of fused-ring (bicyclic) bond motifs is 6. The largest absolute Gasteiger partial charge is 0.493 e. The number of halogens is 1. The SMILES string of the molecule is COc1ccc2cc1OCCCNC(=O)c1cc(ccc1F)Oc1ccc3c(c1)CCN(C(=O)c1cc(C(C)C)no1)C23. The number of rotatable bonds is 3. The fourth-order valence-corrected chi connectivity index (χ4v) is 5.45. The lowest BCUT2D eigenvalue weighted by Crippen LogP contribution is -2.40. The minimum Gasteiger partial charge on any atom is -0.493 e. The molecule has 43 heavy (non-hydrogen) atoms. The summed E-state index contributed by atoms with van der Waals surface area (Å²) in [7, 11) is 1.56. The molecule has 3 aliphatic rings. The Morgan fingerprint density at radius 2 is 1.91 bits per heavy atom. The number of methoxy groups -OCH3 is 1. The Labute approximate surface area is 248 Å². The van der Waals surface area contributed by atoms with E-state index in [-0.39, 0.29) is 36.3 Å². The topological polar surface area (TPSA) is 103 Å². The van der Waals surface area contributed by atoms with Gasteiger partial charge in [-0.25, -0.2) is 4.39 Å². The van der Waals surface area contributed by atoms with Crippen molar-refractivity contribution < 1.29 is 32.7 Å². The van der Waals surface area contributed by atoms with Gasteiger partial charge in [-0.3, -0.25) is 9.59 Å². The normalized spacial score (nSPS) is 16.5. The third kappa shape index (κ3) is 5.64. The summed E-state index contributed by atoms with van der Waals surface area (Å²) in [6.45, 7) is 4.95. The lowest BCUT2D eigenvalue weighted by atomic mass is 9.87. The highest BCUT2D eigenvalue weighted by Gasteiger charge is 2.35. The van der Waals surface area contributed by atoms with E-state index in [1.54, 1.807) is 24.1 Å². The maximum atomic E-state index is 14.5. The van der Waals surface area contributed by atoms with Crippen molar-refractivity contribution in [3.63, 3.8) is 0 Å². The van der Waals surface area contributed by atoms with Crippen LogP contribution in [0, 0.1) is 5.82 Å². The van der Waals surface area contributed by atoms with E-state index in [1.807, 2.05) is 44.2 Å². The van der Waals surface area contributed by atoms with Gasteiger partial charge < -0.3 is 29.0 Å². The molecule has 1 unspecified atom stereocenters. The molecule has 7 rings (SSSR count). The molecule has 222 valence electrons. The second-order valence-corrected chi connectivity index (χ2v) is 10.9. The number of amides is 2. The first kappa shape index (κ1) is 28.3. The molecule has 0 fully saturated rings. The Kier molecular flexibility index (Phi) is 7.75. The molecule has 0 spiro atoms. The molecule has 0 saturated heterocycles. The van der Waals surface area contributed by atoms with Gasteiger partial charge in [0, 0.05) is 19.2 Å². The summed E-state index contributed by atoms with van der Waals surface area (Å²) in [6.07, 6.45) is 1.04. The van der Waals surface area contributed by atoms with Gasteiger partial charge in [0.2, 0.25) is 5.76 Å². The fraction of sp³-hybridized carbons (Fsp3) is 0.303. The lowest BCUT2D eigenvalue weighted by molar-refractivity contribution is 0.0651. The van der Waals surface area contributed by atoms with Crippen LogP contribution in [0.4, 0.5) is 4.39 Å². The highest BCUT2D eigenvalue weighted by molar-refractivity contribution is 5.95. The number of aromatic nitrogens is 1. The molecule has 0 aliphatic carbocycles. The van der Waals surface area contributed by atoms with Crippen LogP contribution in [0.15, 0.2) is 65.2 Å². The van der Waals surface area contributed by atoms with Crippen LogP contribution < -0.4 is 19.5 Å². The standard InChI is InChI=1S/C33H32FN3O6/c1-19(2)27-18-30(43-36-27)33(39)37-13-11-20-15-22-6-8-24(20)31(37)21-5-10-28(40-3)29(16-21)41-14-4-12-35-32(38)25-17-23(42-22)7-9-26(25)34/h5-10,15-19,31H,4,11-14H2,1-3H3,(H,35,38). The minimum absolute atomic E-state index is 0.103. The molecule has 3 aromatic carbocycles. The first-order valence-corrected chi connectivity index (χ1v) is 14.3. The number of carbonyl (C=O) groups is 2. The van der Waals surface area contributed by atoms with Gasteiger partial charge in [-0.2, -0.15) is 0 Å². The number of nitrogens with one attached hydrogen (secondary N) is 1. The van der Waals surface area contributed by atoms with E-state index in [1.165, 1.54) is 18.2 Å². The second kappa shape index (κ2) is 11.8. The van der Waals surface area contributed by atoms with Crippen molar-refractivity contribution in [3.8, 4) is 23.0 Å². The van der Waals surface area contributed by atoms with Crippen LogP contribution in [0.25, 0.3) is 0 Å². The molecule has 4 heterocycles. The van der Waals surface area contributed by atoms with Gasteiger partial charge >= 0.3 is 0 Å². The molecule has 0 saturated carbocycles. The average molecular weight is 586 g/mol. The summed E-state index contributed by atoms with van der Waals surface area (Å²) >= 11 is 0. The summed E-state index contributed by atoms with van der Waals surface area (Å²) in [4.78, 5) is 28.4. The van der Waals surface area contributed by atoms with Gasteiger partial charge in [0.05, 0.1) is 31.0 Å². The maximum Gasteiger partial charge on any atom is 0.293 e. The zero-order valence-corrected chi connectivity index (χ0v) is 24.2. The Morgan fingerprint density at radius 1 is 1.09 bits per heavy atom. The predicted octanol–water partition coefficient (Wildman–Crippen LogP) is 6.04. The van der Waals surface area contributed by atoms with E-state index in [2.05, 4.69) is 10.5 Å². The maximum absolute atomic E-state index is 14.5. The zero-order valence-electron chi connectivity index (χ0n) is 24.2. The van der Waals surface area contributed by atoms with Gasteiger partial charge in [-0.1, -0.05) is 31.1 Å². The summed E-state index contributed by atoms with van der Waals surface area (Å²) in [5.41, 5.74) is 3.36. The number of carbonyl (C=O) groups excluding carboxylic acids is 2. The Balaban J connectivity index is 1.45. The van der Waals surface area contributed by atoms with E-state index in [4.69, 9.17) is 18.7 Å². The van der Waals surface area contributed by atoms with Crippen LogP contribution in [0.3, 0.4) is 0 Å². The number of hydrogen-bond donors (Lipinski definition) is 1. The van der Waals surface area contributed by atoms with Crippen LogP contribution in [0.1, 0.15) is 75.5 Å². The molecule has 1 atom stereocenters. The van der Waals surface area contributed by atoms with Crippen molar-refractivity contribution in [3.05, 3.63) is 100 Å². The number of ether oxygens (including phenoxy) is 3. The molecule has 2 amide bonds. The molecule has 9 nitrogen and oxygen atoms in total. The van der Waals surface area contributed by atoms with Gasteiger partial charge in [0.15, 0.2) is 11.5 Å². The Bertz CT molecular complexity index is 1680. The van der Waals surface area contributed by atoms with E-state index in [0.29, 0.717) is 48.1 Å². The second-order valence-electron chi connectivity index (χ2n) is 10.9. The van der Waals surface area contributed by atoms with Crippen molar-refractivity contribution in [1.29, 1.82) is 0 Å². The predicted molar refractivity (Wildman–Crippen MR) is 156 cm³/mol. The Hall–Kier alpha value is -4.86. The van der Waals surface area contributed by atoms with Crippen molar-refractivity contribution in [1.82, 2.24) is 15.4 Å². The van der Waals surface area contributed by atoms with Crippen molar-refractivity contribution in [2.75, 3.05) is 26.8 Å². The highest BCUT2D eigenvalue weighted by Crippen LogP contribution is 2.41. The molecular formula is C33H32FN3O6. The van der Waals surface area contributed by atoms with Crippen LogP contribution in [0.5, 0.6) is 23.0 Å². The van der Waals surface area contributed by atoms with E-state index >= 15 is 0 Å². The van der Waals surface area contributed by atoms with Gasteiger partial charge in [0.25, 0.3) is 11.8 Å². The molecule has 3 aliphatic heterocycles. The fourth-order valence-electron chi connectivity index (χ4n) is 5.45. The molecule has 1 aromatic heterocycles. The third-order valence-electron chi connectivity index (χ3n) is 7.72. The average Bonchev–Trinajstić information content (AvgIpc) is 3.51.